The number of benzene rings is 1. The number of anilines is 1. The van der Waals surface area contributed by atoms with Gasteiger partial charge >= 0.3 is 0 Å². The van der Waals surface area contributed by atoms with E-state index in [1.165, 1.54) is 6.20 Å². The Labute approximate surface area is 109 Å². The Kier molecular flexibility index (Phi) is 2.52. The standard InChI is InChI=1S/C13H10ClN3O/c1-7-15-6-9(14)12(16-7)11-8-4-2-3-5-10(8)17-13(11)18/h2-6,11H,1H3,(H,17,18). The third-order valence-electron chi connectivity index (χ3n) is 2.96. The van der Waals surface area contributed by atoms with Crippen LogP contribution in [-0.4, -0.2) is 15.9 Å². The first kappa shape index (κ1) is 11.2. The highest BCUT2D eigenvalue weighted by Crippen LogP contribution is 2.38. The molecule has 3 rings (SSSR count). The van der Waals surface area contributed by atoms with Gasteiger partial charge in [-0.05, 0) is 18.6 Å². The molecule has 0 radical (unpaired) electrons. The number of fused-ring (bicyclic) bond motifs is 1. The normalized spacial score (nSPS) is 17.4. The maximum Gasteiger partial charge on any atom is 0.238 e. The number of nitrogens with one attached hydrogen (secondary N) is 1. The lowest BCUT2D eigenvalue weighted by atomic mass is 9.97. The van der Waals surface area contributed by atoms with Crippen molar-refractivity contribution in [2.45, 2.75) is 12.8 Å². The molecule has 0 saturated carbocycles. The van der Waals surface area contributed by atoms with Crippen molar-refractivity contribution in [3.63, 3.8) is 0 Å². The lowest BCUT2D eigenvalue weighted by Crippen LogP contribution is -2.15. The Morgan fingerprint density at radius 1 is 1.33 bits per heavy atom. The molecule has 1 aromatic carbocycles. The van der Waals surface area contributed by atoms with Crippen molar-refractivity contribution in [2.24, 2.45) is 0 Å². The smallest absolute Gasteiger partial charge is 0.238 e. The van der Waals surface area contributed by atoms with Gasteiger partial charge in [0.1, 0.15) is 11.7 Å². The fourth-order valence-electron chi connectivity index (χ4n) is 2.16. The molecule has 2 aromatic rings. The van der Waals surface area contributed by atoms with Crippen LogP contribution in [0.5, 0.6) is 0 Å². The summed E-state index contributed by atoms with van der Waals surface area (Å²) in [4.78, 5) is 20.4. The van der Waals surface area contributed by atoms with E-state index in [9.17, 15) is 4.79 Å². The summed E-state index contributed by atoms with van der Waals surface area (Å²) in [6, 6.07) is 7.56. The van der Waals surface area contributed by atoms with Gasteiger partial charge in [0.25, 0.3) is 0 Å². The fraction of sp³-hybridized carbons (Fsp3) is 0.154. The van der Waals surface area contributed by atoms with E-state index in [4.69, 9.17) is 11.6 Å². The van der Waals surface area contributed by atoms with Crippen molar-refractivity contribution in [2.75, 3.05) is 5.32 Å². The molecule has 90 valence electrons. The van der Waals surface area contributed by atoms with Gasteiger partial charge in [0.2, 0.25) is 5.91 Å². The van der Waals surface area contributed by atoms with Crippen LogP contribution in [0, 0.1) is 6.92 Å². The molecule has 0 bridgehead atoms. The molecule has 1 amide bonds. The van der Waals surface area contributed by atoms with Crippen LogP contribution < -0.4 is 5.32 Å². The lowest BCUT2D eigenvalue weighted by molar-refractivity contribution is -0.116. The molecule has 2 heterocycles. The van der Waals surface area contributed by atoms with Gasteiger partial charge in [-0.3, -0.25) is 4.79 Å². The molecular weight excluding hydrogens is 250 g/mol. The minimum Gasteiger partial charge on any atom is -0.325 e. The second kappa shape index (κ2) is 4.07. The van der Waals surface area contributed by atoms with Crippen molar-refractivity contribution in [3.8, 4) is 0 Å². The first-order chi connectivity index (χ1) is 8.66. The average molecular weight is 260 g/mol. The first-order valence-electron chi connectivity index (χ1n) is 5.55. The van der Waals surface area contributed by atoms with E-state index in [-0.39, 0.29) is 5.91 Å². The molecular formula is C13H10ClN3O. The summed E-state index contributed by atoms with van der Waals surface area (Å²) < 4.78 is 0. The third kappa shape index (κ3) is 1.66. The molecule has 18 heavy (non-hydrogen) atoms. The molecule has 1 aliphatic rings. The number of nitrogens with zero attached hydrogens (tertiary/aromatic N) is 2. The molecule has 0 fully saturated rings. The highest BCUT2D eigenvalue weighted by Gasteiger charge is 2.34. The van der Waals surface area contributed by atoms with Gasteiger partial charge in [0.05, 0.1) is 10.7 Å². The van der Waals surface area contributed by atoms with Gasteiger partial charge in [-0.25, -0.2) is 9.97 Å². The maximum absolute atomic E-state index is 12.1. The summed E-state index contributed by atoms with van der Waals surface area (Å²) in [5, 5.41) is 3.25. The number of aryl methyl sites for hydroxylation is 1. The van der Waals surface area contributed by atoms with Crippen LogP contribution in [0.4, 0.5) is 5.69 Å². The van der Waals surface area contributed by atoms with Crippen LogP contribution in [0.1, 0.15) is 23.0 Å². The number of para-hydroxylation sites is 1. The number of aromatic nitrogens is 2. The minimum atomic E-state index is -0.449. The molecule has 1 unspecified atom stereocenters. The summed E-state index contributed by atoms with van der Waals surface area (Å²) in [6.07, 6.45) is 1.54. The summed E-state index contributed by atoms with van der Waals surface area (Å²) in [6.45, 7) is 1.78. The van der Waals surface area contributed by atoms with Crippen molar-refractivity contribution in [1.82, 2.24) is 9.97 Å². The second-order valence-electron chi connectivity index (χ2n) is 4.16. The topological polar surface area (TPSA) is 54.9 Å². The highest BCUT2D eigenvalue weighted by molar-refractivity contribution is 6.31. The molecule has 5 heteroatoms. The maximum atomic E-state index is 12.1. The number of rotatable bonds is 1. The van der Waals surface area contributed by atoms with Crippen LogP contribution in [0.2, 0.25) is 5.02 Å². The monoisotopic (exact) mass is 259 g/mol. The van der Waals surface area contributed by atoms with E-state index in [1.807, 2.05) is 24.3 Å². The van der Waals surface area contributed by atoms with E-state index >= 15 is 0 Å². The predicted molar refractivity (Wildman–Crippen MR) is 68.7 cm³/mol. The van der Waals surface area contributed by atoms with Crippen LogP contribution in [0.15, 0.2) is 30.5 Å². The number of hydrogen-bond donors (Lipinski definition) is 1. The third-order valence-corrected chi connectivity index (χ3v) is 3.25. The van der Waals surface area contributed by atoms with Crippen molar-refractivity contribution in [3.05, 3.63) is 52.6 Å². The SMILES string of the molecule is Cc1ncc(Cl)c(C2C(=O)Nc3ccccc32)n1. The number of carbonyl (C=O) groups is 1. The molecule has 0 aliphatic carbocycles. The fourth-order valence-corrected chi connectivity index (χ4v) is 2.36. The van der Waals surface area contributed by atoms with Gasteiger partial charge in [-0.1, -0.05) is 29.8 Å². The van der Waals surface area contributed by atoms with Crippen LogP contribution in [-0.2, 0) is 4.79 Å². The quantitative estimate of drug-likeness (QED) is 0.856. The second-order valence-corrected chi connectivity index (χ2v) is 4.57. The largest absolute Gasteiger partial charge is 0.325 e. The summed E-state index contributed by atoms with van der Waals surface area (Å²) in [5.74, 6) is 0.0539. The first-order valence-corrected chi connectivity index (χ1v) is 5.93. The number of amides is 1. The Morgan fingerprint density at radius 2 is 2.11 bits per heavy atom. The van der Waals surface area contributed by atoms with E-state index in [0.29, 0.717) is 16.5 Å². The van der Waals surface area contributed by atoms with Crippen molar-refractivity contribution < 1.29 is 4.79 Å². The highest BCUT2D eigenvalue weighted by atomic mass is 35.5. The average Bonchev–Trinajstić information content (AvgIpc) is 2.68. The van der Waals surface area contributed by atoms with Gasteiger partial charge in [-0.2, -0.15) is 0 Å². The van der Waals surface area contributed by atoms with Crippen LogP contribution in [0.3, 0.4) is 0 Å². The van der Waals surface area contributed by atoms with Gasteiger partial charge in [-0.15, -0.1) is 0 Å². The molecule has 1 aromatic heterocycles. The molecule has 1 aliphatic heterocycles. The Morgan fingerprint density at radius 3 is 2.94 bits per heavy atom. The number of halogens is 1. The van der Waals surface area contributed by atoms with E-state index in [0.717, 1.165) is 11.3 Å². The summed E-state index contributed by atoms with van der Waals surface area (Å²) in [5.41, 5.74) is 2.29. The van der Waals surface area contributed by atoms with E-state index in [2.05, 4.69) is 15.3 Å². The van der Waals surface area contributed by atoms with E-state index in [1.54, 1.807) is 6.92 Å². The Balaban J connectivity index is 2.17. The Hall–Kier alpha value is -1.94. The van der Waals surface area contributed by atoms with Crippen molar-refractivity contribution in [1.29, 1.82) is 0 Å². The number of carbonyl (C=O) groups excluding carboxylic acids is 1. The van der Waals surface area contributed by atoms with Gasteiger partial charge in [0, 0.05) is 11.9 Å². The van der Waals surface area contributed by atoms with Crippen molar-refractivity contribution >= 4 is 23.2 Å². The zero-order chi connectivity index (χ0) is 12.7. The molecule has 1 atom stereocenters. The van der Waals surface area contributed by atoms with Gasteiger partial charge in [0.15, 0.2) is 0 Å². The minimum absolute atomic E-state index is 0.101. The zero-order valence-electron chi connectivity index (χ0n) is 9.64. The van der Waals surface area contributed by atoms with Crippen LogP contribution in [0.25, 0.3) is 0 Å². The zero-order valence-corrected chi connectivity index (χ0v) is 10.4. The lowest BCUT2D eigenvalue weighted by Gasteiger charge is -2.10. The Bertz CT molecular complexity index is 642. The summed E-state index contributed by atoms with van der Waals surface area (Å²) >= 11 is 6.10. The number of hydrogen-bond acceptors (Lipinski definition) is 3. The predicted octanol–water partition coefficient (Wildman–Crippen LogP) is 2.52. The van der Waals surface area contributed by atoms with E-state index < -0.39 is 5.92 Å². The van der Waals surface area contributed by atoms with Crippen LogP contribution >= 0.6 is 11.6 Å². The molecule has 4 nitrogen and oxygen atoms in total. The molecule has 0 spiro atoms. The molecule has 0 saturated heterocycles. The summed E-state index contributed by atoms with van der Waals surface area (Å²) in [7, 11) is 0. The van der Waals surface area contributed by atoms with Gasteiger partial charge < -0.3 is 5.32 Å². The molecule has 1 N–H and O–H groups in total.